The highest BCUT2D eigenvalue weighted by molar-refractivity contribution is 5.91. The highest BCUT2D eigenvalue weighted by Gasteiger charge is 2.10. The van der Waals surface area contributed by atoms with Gasteiger partial charge in [-0.3, -0.25) is 9.48 Å². The Hall–Kier alpha value is -3.00. The number of hydrogen-bond acceptors (Lipinski definition) is 5. The Labute approximate surface area is 145 Å². The van der Waals surface area contributed by atoms with Gasteiger partial charge in [0.2, 0.25) is 5.91 Å². The first kappa shape index (κ1) is 16.8. The van der Waals surface area contributed by atoms with Crippen molar-refractivity contribution < 1.29 is 4.79 Å². The van der Waals surface area contributed by atoms with Gasteiger partial charge in [0.05, 0.1) is 17.9 Å². The summed E-state index contributed by atoms with van der Waals surface area (Å²) in [5, 5.41) is 14.4. The van der Waals surface area contributed by atoms with Crippen molar-refractivity contribution in [2.45, 2.75) is 19.9 Å². The summed E-state index contributed by atoms with van der Waals surface area (Å²) in [5.41, 5.74) is 2.90. The van der Waals surface area contributed by atoms with E-state index in [2.05, 4.69) is 25.8 Å². The fraction of sp³-hybridized carbons (Fsp3) is 0.294. The molecule has 0 saturated heterocycles. The number of carbonyl (C=O) groups excluding carboxylic acids is 1. The number of hydrogen-bond donors (Lipinski definition) is 2. The van der Waals surface area contributed by atoms with E-state index < -0.39 is 0 Å². The Morgan fingerprint density at radius 2 is 2.04 bits per heavy atom. The summed E-state index contributed by atoms with van der Waals surface area (Å²) in [6.45, 7) is 4.13. The molecule has 0 radical (unpaired) electrons. The molecule has 0 spiro atoms. The number of nitrogens with zero attached hydrogens (tertiary/aromatic N) is 5. The molecular formula is C17H21N7O. The minimum Gasteiger partial charge on any atom is -0.310 e. The predicted octanol–water partition coefficient (Wildman–Crippen LogP) is 1.60. The molecule has 8 nitrogen and oxygen atoms in total. The number of rotatable bonds is 6. The van der Waals surface area contributed by atoms with E-state index in [4.69, 9.17) is 0 Å². The molecule has 0 aliphatic heterocycles. The van der Waals surface area contributed by atoms with E-state index in [9.17, 15) is 4.79 Å². The third-order valence-electron chi connectivity index (χ3n) is 3.91. The summed E-state index contributed by atoms with van der Waals surface area (Å²) in [6.07, 6.45) is 3.15. The summed E-state index contributed by atoms with van der Waals surface area (Å²) < 4.78 is 3.35. The number of nitrogens with one attached hydrogen (secondary N) is 2. The van der Waals surface area contributed by atoms with E-state index in [1.807, 2.05) is 44.2 Å². The van der Waals surface area contributed by atoms with E-state index in [0.717, 1.165) is 16.9 Å². The van der Waals surface area contributed by atoms with Crippen LogP contribution in [-0.2, 0) is 11.8 Å². The molecule has 1 aromatic carbocycles. The fourth-order valence-corrected chi connectivity index (χ4v) is 2.54. The average Bonchev–Trinajstić information content (AvgIpc) is 3.23. The molecule has 3 aromatic rings. The van der Waals surface area contributed by atoms with Crippen LogP contribution in [0.4, 0.5) is 5.82 Å². The molecule has 2 heterocycles. The van der Waals surface area contributed by atoms with Gasteiger partial charge in [0.25, 0.3) is 0 Å². The van der Waals surface area contributed by atoms with Crippen LogP contribution in [0.1, 0.15) is 24.2 Å². The zero-order valence-corrected chi connectivity index (χ0v) is 14.5. The van der Waals surface area contributed by atoms with Crippen LogP contribution in [0.5, 0.6) is 0 Å². The van der Waals surface area contributed by atoms with E-state index in [1.165, 1.54) is 6.33 Å². The highest BCUT2D eigenvalue weighted by Crippen LogP contribution is 2.15. The SMILES string of the molecule is Cc1cc(NC(=O)CN[C@@H](C)c2ccc(-n3cncn3)cc2)n(C)n1. The van der Waals surface area contributed by atoms with Gasteiger partial charge in [-0.05, 0) is 31.5 Å². The zero-order valence-electron chi connectivity index (χ0n) is 14.5. The predicted molar refractivity (Wildman–Crippen MR) is 94.4 cm³/mol. The van der Waals surface area contributed by atoms with Gasteiger partial charge in [-0.2, -0.15) is 10.2 Å². The molecule has 8 heteroatoms. The van der Waals surface area contributed by atoms with Crippen LogP contribution < -0.4 is 10.6 Å². The summed E-state index contributed by atoms with van der Waals surface area (Å²) >= 11 is 0. The molecule has 3 rings (SSSR count). The molecular weight excluding hydrogens is 318 g/mol. The van der Waals surface area contributed by atoms with Gasteiger partial charge in [0.15, 0.2) is 0 Å². The molecule has 2 aromatic heterocycles. The highest BCUT2D eigenvalue weighted by atomic mass is 16.2. The lowest BCUT2D eigenvalue weighted by Gasteiger charge is -2.14. The second-order valence-electron chi connectivity index (χ2n) is 5.88. The summed E-state index contributed by atoms with van der Waals surface area (Å²) in [5.74, 6) is 0.586. The van der Waals surface area contributed by atoms with Crippen molar-refractivity contribution in [2.75, 3.05) is 11.9 Å². The van der Waals surface area contributed by atoms with Crippen molar-refractivity contribution in [1.29, 1.82) is 0 Å². The van der Waals surface area contributed by atoms with Gasteiger partial charge >= 0.3 is 0 Å². The van der Waals surface area contributed by atoms with Gasteiger partial charge in [-0.1, -0.05) is 12.1 Å². The summed E-state index contributed by atoms with van der Waals surface area (Å²) in [6, 6.07) is 9.85. The maximum Gasteiger partial charge on any atom is 0.239 e. The van der Waals surface area contributed by atoms with Crippen LogP contribution in [-0.4, -0.2) is 37.0 Å². The summed E-state index contributed by atoms with van der Waals surface area (Å²) in [7, 11) is 1.80. The van der Waals surface area contributed by atoms with Crippen LogP contribution in [0.3, 0.4) is 0 Å². The number of aromatic nitrogens is 5. The molecule has 0 bridgehead atoms. The van der Waals surface area contributed by atoms with Gasteiger partial charge in [-0.25, -0.2) is 9.67 Å². The first-order valence-electron chi connectivity index (χ1n) is 8.02. The third kappa shape index (κ3) is 4.10. The number of carbonyl (C=O) groups is 1. The van der Waals surface area contributed by atoms with Crippen molar-refractivity contribution in [3.8, 4) is 5.69 Å². The molecule has 2 N–H and O–H groups in total. The Balaban J connectivity index is 1.54. The van der Waals surface area contributed by atoms with Crippen LogP contribution in [0.2, 0.25) is 0 Å². The van der Waals surface area contributed by atoms with Crippen molar-refractivity contribution in [1.82, 2.24) is 29.9 Å². The van der Waals surface area contributed by atoms with Crippen LogP contribution in [0, 0.1) is 6.92 Å². The fourth-order valence-electron chi connectivity index (χ4n) is 2.54. The minimum absolute atomic E-state index is 0.0452. The van der Waals surface area contributed by atoms with Crippen molar-refractivity contribution in [2.24, 2.45) is 7.05 Å². The number of benzene rings is 1. The first-order valence-corrected chi connectivity index (χ1v) is 8.02. The molecule has 0 aliphatic rings. The Kier molecular flexibility index (Phi) is 4.90. The minimum atomic E-state index is -0.103. The molecule has 0 fully saturated rings. The van der Waals surface area contributed by atoms with Crippen molar-refractivity contribution in [3.05, 3.63) is 54.2 Å². The van der Waals surface area contributed by atoms with Gasteiger partial charge < -0.3 is 10.6 Å². The average molecular weight is 339 g/mol. The normalized spacial score (nSPS) is 12.1. The monoisotopic (exact) mass is 339 g/mol. The van der Waals surface area contributed by atoms with E-state index in [-0.39, 0.29) is 18.5 Å². The van der Waals surface area contributed by atoms with E-state index in [1.54, 1.807) is 22.7 Å². The van der Waals surface area contributed by atoms with Gasteiger partial charge in [0, 0.05) is 19.2 Å². The molecule has 0 unspecified atom stereocenters. The van der Waals surface area contributed by atoms with Gasteiger partial charge in [0.1, 0.15) is 18.5 Å². The lowest BCUT2D eigenvalue weighted by molar-refractivity contribution is -0.115. The molecule has 0 aliphatic carbocycles. The maximum atomic E-state index is 12.1. The number of aryl methyl sites for hydroxylation is 2. The number of amides is 1. The lowest BCUT2D eigenvalue weighted by atomic mass is 10.1. The maximum absolute atomic E-state index is 12.1. The Bertz CT molecular complexity index is 837. The Morgan fingerprint density at radius 3 is 2.64 bits per heavy atom. The van der Waals surface area contributed by atoms with Crippen molar-refractivity contribution >= 4 is 11.7 Å². The third-order valence-corrected chi connectivity index (χ3v) is 3.91. The van der Waals surface area contributed by atoms with Gasteiger partial charge in [-0.15, -0.1) is 0 Å². The molecule has 130 valence electrons. The lowest BCUT2D eigenvalue weighted by Crippen LogP contribution is -2.30. The first-order chi connectivity index (χ1) is 12.0. The van der Waals surface area contributed by atoms with E-state index in [0.29, 0.717) is 5.82 Å². The second-order valence-corrected chi connectivity index (χ2v) is 5.88. The smallest absolute Gasteiger partial charge is 0.239 e. The number of anilines is 1. The Morgan fingerprint density at radius 1 is 1.28 bits per heavy atom. The van der Waals surface area contributed by atoms with Crippen LogP contribution in [0.15, 0.2) is 43.0 Å². The van der Waals surface area contributed by atoms with Crippen LogP contribution >= 0.6 is 0 Å². The standard InChI is InChI=1S/C17H21N7O/c1-12-8-16(23(3)22-12)21-17(25)9-19-13(2)14-4-6-15(7-5-14)24-11-18-10-20-24/h4-8,10-11,13,19H,9H2,1-3H3,(H,21,25)/t13-/m0/s1. The molecule has 1 amide bonds. The molecule has 25 heavy (non-hydrogen) atoms. The second kappa shape index (κ2) is 7.27. The van der Waals surface area contributed by atoms with E-state index >= 15 is 0 Å². The molecule has 0 saturated carbocycles. The summed E-state index contributed by atoms with van der Waals surface area (Å²) in [4.78, 5) is 16.0. The quantitative estimate of drug-likeness (QED) is 0.712. The topological polar surface area (TPSA) is 89.7 Å². The molecule has 1 atom stereocenters. The zero-order chi connectivity index (χ0) is 17.8. The van der Waals surface area contributed by atoms with Crippen molar-refractivity contribution in [3.63, 3.8) is 0 Å². The van der Waals surface area contributed by atoms with Crippen LogP contribution in [0.25, 0.3) is 5.69 Å². The largest absolute Gasteiger partial charge is 0.310 e.